The second-order valence-corrected chi connectivity index (χ2v) is 8.23. The van der Waals surface area contributed by atoms with Crippen LogP contribution in [0.3, 0.4) is 0 Å². The first-order valence-corrected chi connectivity index (χ1v) is 9.21. The molecule has 7 heteroatoms. The average Bonchev–Trinajstić information content (AvgIpc) is 2.47. The van der Waals surface area contributed by atoms with Gasteiger partial charge in [-0.05, 0) is 52.0 Å². The van der Waals surface area contributed by atoms with E-state index in [0.29, 0.717) is 26.2 Å². The van der Waals surface area contributed by atoms with Gasteiger partial charge in [0, 0.05) is 35.8 Å². The first kappa shape index (κ1) is 19.7. The van der Waals surface area contributed by atoms with Crippen LogP contribution in [-0.2, 0) is 9.53 Å². The molecule has 1 atom stereocenters. The monoisotopic (exact) mass is 411 g/mol. The molecular weight excluding hydrogens is 386 g/mol. The molecule has 25 heavy (non-hydrogen) atoms. The minimum absolute atomic E-state index is 0.00378. The van der Waals surface area contributed by atoms with E-state index in [2.05, 4.69) is 26.1 Å². The molecule has 138 valence electrons. The Morgan fingerprint density at radius 3 is 2.44 bits per heavy atom. The van der Waals surface area contributed by atoms with Crippen LogP contribution < -0.4 is 5.32 Å². The lowest BCUT2D eigenvalue weighted by Gasteiger charge is -2.39. The number of anilines is 1. The number of hydrogen-bond acceptors (Lipinski definition) is 4. The van der Waals surface area contributed by atoms with Crippen LogP contribution in [0.4, 0.5) is 10.5 Å². The summed E-state index contributed by atoms with van der Waals surface area (Å²) in [6.07, 6.45) is -0.293. The number of carbonyl (C=O) groups excluding carboxylic acids is 2. The quantitative estimate of drug-likeness (QED) is 0.828. The fraction of sp³-hybridized carbons (Fsp3) is 0.556. The Balaban J connectivity index is 1.83. The summed E-state index contributed by atoms with van der Waals surface area (Å²) in [4.78, 5) is 28.2. The average molecular weight is 412 g/mol. The van der Waals surface area contributed by atoms with Crippen molar-refractivity contribution in [2.45, 2.75) is 39.3 Å². The Morgan fingerprint density at radius 2 is 1.88 bits per heavy atom. The SMILES string of the molecule is C[C@@H]1CN(CC(=O)Nc2ccc(Br)cc2)CCN1C(=O)OC(C)(C)C. The third kappa shape index (κ3) is 6.32. The Morgan fingerprint density at radius 1 is 1.24 bits per heavy atom. The van der Waals surface area contributed by atoms with E-state index in [1.807, 2.05) is 52.0 Å². The van der Waals surface area contributed by atoms with E-state index in [9.17, 15) is 9.59 Å². The van der Waals surface area contributed by atoms with Crippen molar-refractivity contribution >= 4 is 33.6 Å². The molecule has 1 aromatic rings. The lowest BCUT2D eigenvalue weighted by Crippen LogP contribution is -2.56. The number of amides is 2. The molecule has 0 saturated carbocycles. The number of nitrogens with zero attached hydrogens (tertiary/aromatic N) is 2. The van der Waals surface area contributed by atoms with E-state index >= 15 is 0 Å². The molecule has 0 unspecified atom stereocenters. The highest BCUT2D eigenvalue weighted by molar-refractivity contribution is 9.10. The summed E-state index contributed by atoms with van der Waals surface area (Å²) in [7, 11) is 0. The fourth-order valence-electron chi connectivity index (χ4n) is 2.71. The molecule has 1 N–H and O–H groups in total. The molecule has 1 aromatic carbocycles. The van der Waals surface area contributed by atoms with Gasteiger partial charge in [0.25, 0.3) is 0 Å². The van der Waals surface area contributed by atoms with Gasteiger partial charge in [0.15, 0.2) is 0 Å². The molecule has 1 fully saturated rings. The molecule has 1 aliphatic rings. The van der Waals surface area contributed by atoms with Crippen molar-refractivity contribution < 1.29 is 14.3 Å². The van der Waals surface area contributed by atoms with Crippen LogP contribution in [0.2, 0.25) is 0 Å². The van der Waals surface area contributed by atoms with Crippen LogP contribution in [0.1, 0.15) is 27.7 Å². The van der Waals surface area contributed by atoms with Crippen LogP contribution in [0.25, 0.3) is 0 Å². The fourth-order valence-corrected chi connectivity index (χ4v) is 2.97. The molecule has 0 aromatic heterocycles. The standard InChI is InChI=1S/C18H26BrN3O3/c1-13-11-21(9-10-22(13)17(24)25-18(2,3)4)12-16(23)20-15-7-5-14(19)6-8-15/h5-8,13H,9-12H2,1-4H3,(H,20,23)/t13-/m1/s1. The Bertz CT molecular complexity index is 613. The van der Waals surface area contributed by atoms with Gasteiger partial charge in [-0.2, -0.15) is 0 Å². The molecule has 0 aliphatic carbocycles. The van der Waals surface area contributed by atoms with Crippen molar-refractivity contribution in [3.8, 4) is 0 Å². The summed E-state index contributed by atoms with van der Waals surface area (Å²) < 4.78 is 6.41. The molecule has 1 saturated heterocycles. The zero-order chi connectivity index (χ0) is 18.6. The maximum Gasteiger partial charge on any atom is 0.410 e. The summed E-state index contributed by atoms with van der Waals surface area (Å²) in [5, 5.41) is 2.89. The van der Waals surface area contributed by atoms with Gasteiger partial charge in [-0.25, -0.2) is 4.79 Å². The van der Waals surface area contributed by atoms with Gasteiger partial charge in [-0.3, -0.25) is 9.69 Å². The highest BCUT2D eigenvalue weighted by Crippen LogP contribution is 2.16. The number of benzene rings is 1. The zero-order valence-electron chi connectivity index (χ0n) is 15.2. The van der Waals surface area contributed by atoms with Gasteiger partial charge in [0.2, 0.25) is 5.91 Å². The lowest BCUT2D eigenvalue weighted by atomic mass is 10.2. The van der Waals surface area contributed by atoms with Crippen LogP contribution in [0.15, 0.2) is 28.7 Å². The molecule has 2 rings (SSSR count). The largest absolute Gasteiger partial charge is 0.444 e. The van der Waals surface area contributed by atoms with Gasteiger partial charge < -0.3 is 15.0 Å². The Hall–Kier alpha value is -1.60. The summed E-state index contributed by atoms with van der Waals surface area (Å²) in [5.74, 6) is -0.0553. The van der Waals surface area contributed by atoms with E-state index in [4.69, 9.17) is 4.74 Å². The second kappa shape index (κ2) is 8.19. The second-order valence-electron chi connectivity index (χ2n) is 7.31. The van der Waals surface area contributed by atoms with Gasteiger partial charge >= 0.3 is 6.09 Å². The zero-order valence-corrected chi connectivity index (χ0v) is 16.8. The highest BCUT2D eigenvalue weighted by Gasteiger charge is 2.31. The molecule has 1 heterocycles. The number of ether oxygens (including phenoxy) is 1. The number of hydrogen-bond donors (Lipinski definition) is 1. The van der Waals surface area contributed by atoms with Gasteiger partial charge in [0.1, 0.15) is 5.60 Å². The van der Waals surface area contributed by atoms with Crippen molar-refractivity contribution in [3.05, 3.63) is 28.7 Å². The van der Waals surface area contributed by atoms with E-state index in [1.165, 1.54) is 0 Å². The van der Waals surface area contributed by atoms with Crippen molar-refractivity contribution in [2.75, 3.05) is 31.5 Å². The van der Waals surface area contributed by atoms with Crippen LogP contribution in [0.5, 0.6) is 0 Å². The molecule has 1 aliphatic heterocycles. The topological polar surface area (TPSA) is 61.9 Å². The van der Waals surface area contributed by atoms with Crippen molar-refractivity contribution in [1.82, 2.24) is 9.80 Å². The maximum atomic E-state index is 12.2. The molecule has 0 spiro atoms. The van der Waals surface area contributed by atoms with Gasteiger partial charge in [-0.15, -0.1) is 0 Å². The van der Waals surface area contributed by atoms with E-state index < -0.39 is 5.60 Å². The van der Waals surface area contributed by atoms with Gasteiger partial charge in [0.05, 0.1) is 6.54 Å². The lowest BCUT2D eigenvalue weighted by molar-refractivity contribution is -0.117. The maximum absolute atomic E-state index is 12.2. The molecule has 0 radical (unpaired) electrons. The predicted molar refractivity (Wildman–Crippen MR) is 102 cm³/mol. The minimum Gasteiger partial charge on any atom is -0.444 e. The number of nitrogens with one attached hydrogen (secondary N) is 1. The molecule has 2 amide bonds. The third-order valence-corrected chi connectivity index (χ3v) is 4.36. The normalized spacial score (nSPS) is 18.8. The van der Waals surface area contributed by atoms with Crippen molar-refractivity contribution in [2.24, 2.45) is 0 Å². The van der Waals surface area contributed by atoms with E-state index in [1.54, 1.807) is 4.90 Å². The highest BCUT2D eigenvalue weighted by atomic mass is 79.9. The molecule has 0 bridgehead atoms. The van der Waals surface area contributed by atoms with E-state index in [-0.39, 0.29) is 18.0 Å². The third-order valence-electron chi connectivity index (χ3n) is 3.83. The summed E-state index contributed by atoms with van der Waals surface area (Å²) in [6.45, 7) is 9.71. The number of carbonyl (C=O) groups is 2. The number of halogens is 1. The first-order valence-electron chi connectivity index (χ1n) is 8.41. The van der Waals surface area contributed by atoms with Crippen molar-refractivity contribution in [3.63, 3.8) is 0 Å². The summed E-state index contributed by atoms with van der Waals surface area (Å²) in [6, 6.07) is 7.48. The minimum atomic E-state index is -0.501. The first-order chi connectivity index (χ1) is 11.6. The molecule has 6 nitrogen and oxygen atoms in total. The summed E-state index contributed by atoms with van der Waals surface area (Å²) in [5.41, 5.74) is 0.270. The van der Waals surface area contributed by atoms with Crippen LogP contribution >= 0.6 is 15.9 Å². The van der Waals surface area contributed by atoms with E-state index in [0.717, 1.165) is 10.2 Å². The summed E-state index contributed by atoms with van der Waals surface area (Å²) >= 11 is 3.37. The predicted octanol–water partition coefficient (Wildman–Crippen LogP) is 3.33. The smallest absolute Gasteiger partial charge is 0.410 e. The Labute approximate surface area is 157 Å². The van der Waals surface area contributed by atoms with Crippen LogP contribution in [-0.4, -0.2) is 59.6 Å². The number of piperazine rings is 1. The number of rotatable bonds is 3. The van der Waals surface area contributed by atoms with Gasteiger partial charge in [-0.1, -0.05) is 15.9 Å². The molecular formula is C18H26BrN3O3. The van der Waals surface area contributed by atoms with Crippen LogP contribution in [0, 0.1) is 0 Å². The van der Waals surface area contributed by atoms with Crippen molar-refractivity contribution in [1.29, 1.82) is 0 Å². The Kier molecular flexibility index (Phi) is 6.46.